The molecule has 76 valence electrons. The van der Waals surface area contributed by atoms with Crippen LogP contribution in [0.3, 0.4) is 0 Å². The van der Waals surface area contributed by atoms with Crippen LogP contribution in [0.15, 0.2) is 33.5 Å². The molecule has 0 fully saturated rings. The van der Waals surface area contributed by atoms with Crippen LogP contribution in [-0.2, 0) is 0 Å². The number of allylic oxidation sites excluding steroid dienone is 3. The van der Waals surface area contributed by atoms with Gasteiger partial charge in [0.1, 0.15) is 0 Å². The van der Waals surface area contributed by atoms with Gasteiger partial charge in [0.25, 0.3) is 0 Å². The fourth-order valence-corrected chi connectivity index (χ4v) is 1.40. The zero-order valence-electron chi connectivity index (χ0n) is 9.36. The summed E-state index contributed by atoms with van der Waals surface area (Å²) in [5.41, 5.74) is 2.38. The molecule has 0 atom stereocenters. The lowest BCUT2D eigenvalue weighted by molar-refractivity contribution is 0.708. The molecule has 2 heteroatoms. The Morgan fingerprint density at radius 2 is 1.79 bits per heavy atom. The molecule has 0 unspecified atom stereocenters. The molecule has 0 amide bonds. The van der Waals surface area contributed by atoms with Gasteiger partial charge < -0.3 is 0 Å². The highest BCUT2D eigenvalue weighted by Gasteiger charge is 2.11. The van der Waals surface area contributed by atoms with Crippen LogP contribution in [0.5, 0.6) is 0 Å². The van der Waals surface area contributed by atoms with E-state index in [4.69, 9.17) is 0 Å². The smallest absolute Gasteiger partial charge is 0.0478 e. The van der Waals surface area contributed by atoms with E-state index in [2.05, 4.69) is 37.7 Å². The van der Waals surface area contributed by atoms with Crippen molar-refractivity contribution < 1.29 is 0 Å². The third-order valence-corrected chi connectivity index (χ3v) is 2.15. The minimum absolute atomic E-state index is 0.446. The van der Waals surface area contributed by atoms with Gasteiger partial charge in [-0.3, -0.25) is 9.98 Å². The maximum absolute atomic E-state index is 4.46. The van der Waals surface area contributed by atoms with Crippen LogP contribution in [0.4, 0.5) is 0 Å². The van der Waals surface area contributed by atoms with Crippen molar-refractivity contribution in [2.75, 3.05) is 0 Å². The number of nitrogens with zero attached hydrogens (tertiary/aromatic N) is 2. The number of hydrogen-bond acceptors (Lipinski definition) is 2. The first-order valence-electron chi connectivity index (χ1n) is 5.09. The average Bonchev–Trinajstić information content (AvgIpc) is 2.01. The summed E-state index contributed by atoms with van der Waals surface area (Å²) in [6.07, 6.45) is 7.36. The van der Waals surface area contributed by atoms with Crippen LogP contribution in [-0.4, -0.2) is 12.4 Å². The molecule has 1 aliphatic rings. The molecular weight excluding hydrogens is 172 g/mol. The summed E-state index contributed by atoms with van der Waals surface area (Å²) in [4.78, 5) is 8.67. The summed E-state index contributed by atoms with van der Waals surface area (Å²) in [6.45, 7) is 8.66. The van der Waals surface area contributed by atoms with Gasteiger partial charge in [-0.15, -0.1) is 0 Å². The van der Waals surface area contributed by atoms with E-state index in [1.165, 1.54) is 5.57 Å². The summed E-state index contributed by atoms with van der Waals surface area (Å²) in [5, 5.41) is 0. The van der Waals surface area contributed by atoms with E-state index in [0.29, 0.717) is 11.8 Å². The molecule has 0 aliphatic carbocycles. The van der Waals surface area contributed by atoms with Crippen molar-refractivity contribution in [3.8, 4) is 0 Å². The molecular formula is C12H18N2. The molecule has 0 aromatic carbocycles. The predicted molar refractivity (Wildman–Crippen MR) is 62.8 cm³/mol. The number of rotatable bonds is 2. The van der Waals surface area contributed by atoms with Gasteiger partial charge in [0, 0.05) is 24.3 Å². The van der Waals surface area contributed by atoms with Crippen molar-refractivity contribution in [1.29, 1.82) is 0 Å². The Morgan fingerprint density at radius 3 is 2.36 bits per heavy atom. The Hall–Kier alpha value is -1.18. The summed E-state index contributed by atoms with van der Waals surface area (Å²) >= 11 is 0. The lowest BCUT2D eigenvalue weighted by atomic mass is 9.96. The van der Waals surface area contributed by atoms with Crippen LogP contribution < -0.4 is 0 Å². The monoisotopic (exact) mass is 190 g/mol. The van der Waals surface area contributed by atoms with Gasteiger partial charge in [0.05, 0.1) is 0 Å². The lowest BCUT2D eigenvalue weighted by Crippen LogP contribution is -2.05. The molecule has 1 heterocycles. The Kier molecular flexibility index (Phi) is 3.81. The molecule has 0 saturated heterocycles. The third kappa shape index (κ3) is 2.66. The summed E-state index contributed by atoms with van der Waals surface area (Å²) in [5.74, 6) is 0.918. The van der Waals surface area contributed by atoms with Gasteiger partial charge in [-0.25, -0.2) is 0 Å². The van der Waals surface area contributed by atoms with Crippen molar-refractivity contribution in [1.82, 2.24) is 0 Å². The highest BCUT2D eigenvalue weighted by molar-refractivity contribution is 5.83. The fraction of sp³-hybridized carbons (Fsp3) is 0.500. The first-order valence-corrected chi connectivity index (χ1v) is 5.09. The maximum Gasteiger partial charge on any atom is 0.0478 e. The average molecular weight is 190 g/mol. The predicted octanol–water partition coefficient (Wildman–Crippen LogP) is 3.22. The second kappa shape index (κ2) is 4.89. The molecule has 1 rings (SSSR count). The van der Waals surface area contributed by atoms with E-state index >= 15 is 0 Å². The SMILES string of the molecule is CC(C)C1=C(C(C)C)N=C/C=C\N=C1. The lowest BCUT2D eigenvalue weighted by Gasteiger charge is -2.14. The first kappa shape index (κ1) is 10.9. The summed E-state index contributed by atoms with van der Waals surface area (Å²) in [7, 11) is 0. The van der Waals surface area contributed by atoms with Crippen molar-refractivity contribution >= 4 is 12.4 Å². The van der Waals surface area contributed by atoms with E-state index in [9.17, 15) is 0 Å². The largest absolute Gasteiger partial charge is 0.264 e. The van der Waals surface area contributed by atoms with Gasteiger partial charge in [-0.2, -0.15) is 0 Å². The number of aliphatic imine (C=N–C) groups is 2. The zero-order valence-corrected chi connectivity index (χ0v) is 9.36. The third-order valence-electron chi connectivity index (χ3n) is 2.15. The molecule has 14 heavy (non-hydrogen) atoms. The highest BCUT2D eigenvalue weighted by atomic mass is 14.8. The van der Waals surface area contributed by atoms with E-state index in [0.717, 1.165) is 5.70 Å². The second-order valence-electron chi connectivity index (χ2n) is 4.05. The van der Waals surface area contributed by atoms with Gasteiger partial charge in [0.15, 0.2) is 0 Å². The molecule has 0 bridgehead atoms. The molecule has 0 aromatic heterocycles. The van der Waals surface area contributed by atoms with Crippen molar-refractivity contribution in [3.63, 3.8) is 0 Å². The van der Waals surface area contributed by atoms with Crippen LogP contribution in [0.25, 0.3) is 0 Å². The molecule has 0 aromatic rings. The standard InChI is InChI=1S/C12H18N2/c1-9(2)11-8-13-6-5-7-14-12(11)10(3)4/h5-10H,1-4H3/b6-5-,7-5?,11-8?,12-11?,13-6?,13-8?,14-7?,14-12?. The normalized spacial score (nSPS) is 19.0. The highest BCUT2D eigenvalue weighted by Crippen LogP contribution is 2.21. The first-order chi connectivity index (χ1) is 6.63. The molecule has 0 radical (unpaired) electrons. The topological polar surface area (TPSA) is 24.7 Å². The van der Waals surface area contributed by atoms with Gasteiger partial charge in [-0.1, -0.05) is 27.7 Å². The molecule has 1 aliphatic heterocycles. The van der Waals surface area contributed by atoms with E-state index < -0.39 is 0 Å². The van der Waals surface area contributed by atoms with Gasteiger partial charge in [0.2, 0.25) is 0 Å². The van der Waals surface area contributed by atoms with Gasteiger partial charge in [-0.05, 0) is 23.5 Å². The minimum Gasteiger partial charge on any atom is -0.264 e. The van der Waals surface area contributed by atoms with Crippen molar-refractivity contribution in [2.45, 2.75) is 27.7 Å². The Labute approximate surface area is 86.2 Å². The minimum atomic E-state index is 0.446. The van der Waals surface area contributed by atoms with Crippen LogP contribution in [0.1, 0.15) is 27.7 Å². The van der Waals surface area contributed by atoms with Crippen LogP contribution in [0, 0.1) is 11.8 Å². The van der Waals surface area contributed by atoms with E-state index in [-0.39, 0.29) is 0 Å². The summed E-state index contributed by atoms with van der Waals surface area (Å²) in [6, 6.07) is 0. The van der Waals surface area contributed by atoms with Crippen molar-refractivity contribution in [3.05, 3.63) is 23.5 Å². The van der Waals surface area contributed by atoms with Crippen molar-refractivity contribution in [2.24, 2.45) is 21.8 Å². The Balaban J connectivity index is 3.13. The Bertz CT molecular complexity index is 274. The second-order valence-corrected chi connectivity index (χ2v) is 4.05. The zero-order chi connectivity index (χ0) is 10.6. The van der Waals surface area contributed by atoms with E-state index in [1.54, 1.807) is 6.20 Å². The van der Waals surface area contributed by atoms with E-state index in [1.807, 2.05) is 18.5 Å². The quantitative estimate of drug-likeness (QED) is 0.638. The maximum atomic E-state index is 4.46. The molecule has 0 spiro atoms. The van der Waals surface area contributed by atoms with Crippen LogP contribution in [0.2, 0.25) is 0 Å². The Morgan fingerprint density at radius 1 is 1.07 bits per heavy atom. The molecule has 0 saturated carbocycles. The molecule has 0 N–H and O–H groups in total. The van der Waals surface area contributed by atoms with Crippen LogP contribution >= 0.6 is 0 Å². The molecule has 2 nitrogen and oxygen atoms in total. The van der Waals surface area contributed by atoms with Gasteiger partial charge >= 0.3 is 0 Å². The number of hydrogen-bond donors (Lipinski definition) is 0. The summed E-state index contributed by atoms with van der Waals surface area (Å²) < 4.78 is 0. The fourth-order valence-electron chi connectivity index (χ4n) is 1.40.